The number of amides is 1. The maximum absolute atomic E-state index is 14.5. The third-order valence-corrected chi connectivity index (χ3v) is 8.40. The molecule has 2 atom stereocenters. The summed E-state index contributed by atoms with van der Waals surface area (Å²) in [5.74, 6) is 0.473. The second kappa shape index (κ2) is 14.8. The molecule has 6 nitrogen and oxygen atoms in total. The number of benzene rings is 5. The molecule has 250 valence electrons. The van der Waals surface area contributed by atoms with Crippen LogP contribution in [-0.2, 0) is 28.7 Å². The number of nitrogens with one attached hydrogen (secondary N) is 1. The van der Waals surface area contributed by atoms with E-state index in [0.29, 0.717) is 29.9 Å². The average Bonchev–Trinajstić information content (AvgIpc) is 3.52. The minimum absolute atomic E-state index is 0.00208. The zero-order chi connectivity index (χ0) is 34.3. The van der Waals surface area contributed by atoms with Crippen molar-refractivity contribution in [2.45, 2.75) is 37.2 Å². The molecule has 0 fully saturated rings. The van der Waals surface area contributed by atoms with Gasteiger partial charge in [-0.15, -0.1) is 0 Å². The SMILES string of the molecule is O=C(NCc1ccc(C(F)(F)F)cc1)[C@]1(Cc2ccccc2)N=C(c2ccc(OCCCO)cc2)O[C@@H]1c1ccc(-c2ccccc2)cc1. The quantitative estimate of drug-likeness (QED) is 0.133. The molecule has 5 aromatic rings. The number of halogens is 3. The molecule has 0 unspecified atom stereocenters. The van der Waals surface area contributed by atoms with Crippen molar-refractivity contribution in [1.29, 1.82) is 0 Å². The smallest absolute Gasteiger partial charge is 0.416 e. The molecule has 0 saturated carbocycles. The standard InChI is InChI=1S/C40H35F3N2O4/c41-40(42,43)34-20-12-29(13-21-34)27-44-38(47)39(26-28-8-3-1-4-9-28)36(32-16-14-31(15-17-32)30-10-5-2-6-11-30)49-37(45-39)33-18-22-35(23-19-33)48-25-7-24-46/h1-6,8-23,36,46H,7,24-27H2,(H,44,47)/t36-,39-/m1/s1. The lowest BCUT2D eigenvalue weighted by molar-refractivity contribution is -0.137. The van der Waals surface area contributed by atoms with Crippen LogP contribution in [0, 0.1) is 0 Å². The second-order valence-corrected chi connectivity index (χ2v) is 11.8. The van der Waals surface area contributed by atoms with E-state index in [1.54, 1.807) is 24.3 Å². The molecule has 5 aromatic carbocycles. The van der Waals surface area contributed by atoms with Gasteiger partial charge in [0.25, 0.3) is 5.91 Å². The van der Waals surface area contributed by atoms with Crippen LogP contribution in [0.1, 0.15) is 40.3 Å². The van der Waals surface area contributed by atoms with E-state index in [9.17, 15) is 18.0 Å². The number of aliphatic hydroxyl groups is 1. The van der Waals surface area contributed by atoms with E-state index < -0.39 is 29.3 Å². The van der Waals surface area contributed by atoms with Crippen LogP contribution in [0.2, 0.25) is 0 Å². The molecule has 2 N–H and O–H groups in total. The van der Waals surface area contributed by atoms with Crippen LogP contribution in [-0.4, -0.2) is 35.7 Å². The van der Waals surface area contributed by atoms with Crippen molar-refractivity contribution in [2.24, 2.45) is 4.99 Å². The number of hydrogen-bond donors (Lipinski definition) is 2. The fourth-order valence-electron chi connectivity index (χ4n) is 5.82. The van der Waals surface area contributed by atoms with E-state index in [-0.39, 0.29) is 25.5 Å². The van der Waals surface area contributed by atoms with Crippen molar-refractivity contribution in [2.75, 3.05) is 13.2 Å². The molecular weight excluding hydrogens is 629 g/mol. The number of hydrogen-bond acceptors (Lipinski definition) is 5. The van der Waals surface area contributed by atoms with Crippen LogP contribution < -0.4 is 10.1 Å². The fourth-order valence-corrected chi connectivity index (χ4v) is 5.82. The van der Waals surface area contributed by atoms with Gasteiger partial charge in [-0.25, -0.2) is 4.99 Å². The predicted octanol–water partition coefficient (Wildman–Crippen LogP) is 7.95. The first-order valence-corrected chi connectivity index (χ1v) is 16.0. The maximum Gasteiger partial charge on any atom is 0.416 e. The Labute approximate surface area is 282 Å². The molecule has 1 aliphatic rings. The number of alkyl halides is 3. The molecule has 9 heteroatoms. The number of nitrogens with zero attached hydrogens (tertiary/aromatic N) is 1. The van der Waals surface area contributed by atoms with Gasteiger partial charge < -0.3 is 19.9 Å². The Morgan fingerprint density at radius 1 is 0.776 bits per heavy atom. The third kappa shape index (κ3) is 7.84. The molecule has 0 bridgehead atoms. The highest BCUT2D eigenvalue weighted by atomic mass is 19.4. The zero-order valence-electron chi connectivity index (χ0n) is 26.6. The monoisotopic (exact) mass is 664 g/mol. The highest BCUT2D eigenvalue weighted by Gasteiger charge is 2.53. The van der Waals surface area contributed by atoms with Gasteiger partial charge >= 0.3 is 6.18 Å². The number of aliphatic hydroxyl groups excluding tert-OH is 1. The first kappa shape index (κ1) is 33.5. The topological polar surface area (TPSA) is 80.2 Å². The Hall–Kier alpha value is -5.41. The van der Waals surface area contributed by atoms with Gasteiger partial charge in [0.2, 0.25) is 5.90 Å². The van der Waals surface area contributed by atoms with Gasteiger partial charge in [0, 0.05) is 31.6 Å². The van der Waals surface area contributed by atoms with Crippen LogP contribution >= 0.6 is 0 Å². The van der Waals surface area contributed by atoms with Gasteiger partial charge in [0.15, 0.2) is 11.6 Å². The molecule has 0 spiro atoms. The van der Waals surface area contributed by atoms with Crippen molar-refractivity contribution >= 4 is 11.8 Å². The highest BCUT2D eigenvalue weighted by Crippen LogP contribution is 2.43. The van der Waals surface area contributed by atoms with Gasteiger partial charge in [0.1, 0.15) is 5.75 Å². The summed E-state index contributed by atoms with van der Waals surface area (Å²) in [6, 6.07) is 39.2. The lowest BCUT2D eigenvalue weighted by atomic mass is 9.81. The lowest BCUT2D eigenvalue weighted by Crippen LogP contribution is -2.49. The lowest BCUT2D eigenvalue weighted by Gasteiger charge is -2.31. The first-order valence-electron chi connectivity index (χ1n) is 16.0. The summed E-state index contributed by atoms with van der Waals surface area (Å²) >= 11 is 0. The van der Waals surface area contributed by atoms with Crippen LogP contribution in [0.3, 0.4) is 0 Å². The van der Waals surface area contributed by atoms with Crippen LogP contribution in [0.5, 0.6) is 5.75 Å². The van der Waals surface area contributed by atoms with Crippen molar-refractivity contribution in [3.8, 4) is 16.9 Å². The number of aliphatic imine (C=N–C) groups is 1. The Bertz CT molecular complexity index is 1860. The Kier molecular flexibility index (Phi) is 10.1. The van der Waals surface area contributed by atoms with Gasteiger partial charge in [0.05, 0.1) is 12.2 Å². The summed E-state index contributed by atoms with van der Waals surface area (Å²) in [6.45, 7) is 0.395. The summed E-state index contributed by atoms with van der Waals surface area (Å²) in [6.07, 6.45) is -4.59. The van der Waals surface area contributed by atoms with E-state index in [1.807, 2.05) is 84.9 Å². The van der Waals surface area contributed by atoms with Crippen molar-refractivity contribution < 1.29 is 32.5 Å². The molecule has 0 saturated heterocycles. The summed E-state index contributed by atoms with van der Waals surface area (Å²) < 4.78 is 51.8. The molecule has 0 aliphatic carbocycles. The maximum atomic E-state index is 14.5. The molecule has 0 radical (unpaired) electrons. The Morgan fingerprint density at radius 2 is 1.39 bits per heavy atom. The number of ether oxygens (including phenoxy) is 2. The molecule has 1 amide bonds. The average molecular weight is 665 g/mol. The normalized spacial score (nSPS) is 17.2. The number of rotatable bonds is 12. The predicted molar refractivity (Wildman–Crippen MR) is 182 cm³/mol. The summed E-state index contributed by atoms with van der Waals surface area (Å²) in [5, 5.41) is 12.0. The number of carbonyl (C=O) groups excluding carboxylic acids is 1. The fraction of sp³-hybridized carbons (Fsp3) is 0.200. The van der Waals surface area contributed by atoms with E-state index >= 15 is 0 Å². The van der Waals surface area contributed by atoms with Gasteiger partial charge in [-0.3, -0.25) is 4.79 Å². The summed E-state index contributed by atoms with van der Waals surface area (Å²) in [4.78, 5) is 19.5. The summed E-state index contributed by atoms with van der Waals surface area (Å²) in [7, 11) is 0. The van der Waals surface area contributed by atoms with Crippen LogP contribution in [0.4, 0.5) is 13.2 Å². The molecule has 1 aliphatic heterocycles. The molecule has 0 aromatic heterocycles. The Morgan fingerprint density at radius 3 is 2.02 bits per heavy atom. The minimum atomic E-state index is -4.46. The molecule has 6 rings (SSSR count). The summed E-state index contributed by atoms with van der Waals surface area (Å²) in [5.41, 5.74) is 2.58. The molecular formula is C40H35F3N2O4. The Balaban J connectivity index is 1.37. The minimum Gasteiger partial charge on any atom is -0.494 e. The van der Waals surface area contributed by atoms with Crippen molar-refractivity contribution in [3.63, 3.8) is 0 Å². The van der Waals surface area contributed by atoms with Crippen molar-refractivity contribution in [1.82, 2.24) is 5.32 Å². The van der Waals surface area contributed by atoms with Crippen LogP contribution in [0.15, 0.2) is 138 Å². The zero-order valence-corrected chi connectivity index (χ0v) is 26.6. The van der Waals surface area contributed by atoms with Gasteiger partial charge in [-0.2, -0.15) is 13.2 Å². The molecule has 49 heavy (non-hydrogen) atoms. The largest absolute Gasteiger partial charge is 0.494 e. The van der Waals surface area contributed by atoms with E-state index in [1.165, 1.54) is 12.1 Å². The molecule has 1 heterocycles. The number of carbonyl (C=O) groups is 1. The second-order valence-electron chi connectivity index (χ2n) is 11.8. The van der Waals surface area contributed by atoms with E-state index in [0.717, 1.165) is 34.4 Å². The van der Waals surface area contributed by atoms with Crippen LogP contribution in [0.25, 0.3) is 11.1 Å². The van der Waals surface area contributed by atoms with Gasteiger partial charge in [-0.1, -0.05) is 97.1 Å². The highest BCUT2D eigenvalue weighted by molar-refractivity contribution is 6.01. The van der Waals surface area contributed by atoms with E-state index in [4.69, 9.17) is 19.6 Å². The van der Waals surface area contributed by atoms with Crippen molar-refractivity contribution in [3.05, 3.63) is 161 Å². The van der Waals surface area contributed by atoms with E-state index in [2.05, 4.69) is 5.32 Å². The first-order chi connectivity index (χ1) is 23.7. The third-order valence-electron chi connectivity index (χ3n) is 8.40. The van der Waals surface area contributed by atoms with Gasteiger partial charge in [-0.05, 0) is 64.2 Å².